The molecule has 148 valence electrons. The molecule has 1 aromatic rings. The molecule has 27 heavy (non-hydrogen) atoms. The first kappa shape index (κ1) is 19.2. The molecule has 0 aromatic heterocycles. The second kappa shape index (κ2) is 8.06. The van der Waals surface area contributed by atoms with E-state index in [1.807, 2.05) is 0 Å². The van der Waals surface area contributed by atoms with E-state index in [-0.39, 0.29) is 0 Å². The van der Waals surface area contributed by atoms with Crippen LogP contribution in [0.4, 0.5) is 0 Å². The molecule has 0 bridgehead atoms. The van der Waals surface area contributed by atoms with Crippen molar-refractivity contribution in [2.75, 3.05) is 39.8 Å². The number of benzene rings is 1. The van der Waals surface area contributed by atoms with Crippen molar-refractivity contribution in [1.29, 1.82) is 0 Å². The first-order valence-electron chi connectivity index (χ1n) is 10.9. The highest BCUT2D eigenvalue weighted by Crippen LogP contribution is 2.46. The average molecular weight is 369 g/mol. The lowest BCUT2D eigenvalue weighted by Crippen LogP contribution is -2.53. The number of piperazine rings is 1. The maximum absolute atomic E-state index is 11.8. The summed E-state index contributed by atoms with van der Waals surface area (Å²) < 4.78 is 0. The lowest BCUT2D eigenvalue weighted by Gasteiger charge is -2.47. The number of allylic oxidation sites excluding steroid dienone is 1. The fraction of sp³-hybridized carbons (Fsp3) is 0.667. The summed E-state index contributed by atoms with van der Waals surface area (Å²) in [5, 5.41) is 11.8. The number of hydrogen-bond donors (Lipinski definition) is 1. The summed E-state index contributed by atoms with van der Waals surface area (Å²) in [4.78, 5) is 5.03. The van der Waals surface area contributed by atoms with Crippen LogP contribution < -0.4 is 0 Å². The highest BCUT2D eigenvalue weighted by atomic mass is 16.3. The lowest BCUT2D eigenvalue weighted by molar-refractivity contribution is -0.0788. The maximum Gasteiger partial charge on any atom is 0.0694 e. The van der Waals surface area contributed by atoms with Gasteiger partial charge in [0.05, 0.1) is 5.60 Å². The Hall–Kier alpha value is -1.16. The average Bonchev–Trinajstić information content (AvgIpc) is 2.69. The minimum Gasteiger partial charge on any atom is -0.390 e. The summed E-state index contributed by atoms with van der Waals surface area (Å²) in [5.74, 6) is 1.51. The maximum atomic E-state index is 11.8. The quantitative estimate of drug-likeness (QED) is 0.870. The third-order valence-corrected chi connectivity index (χ3v) is 7.45. The molecule has 2 aliphatic carbocycles. The molecule has 1 saturated carbocycles. The van der Waals surface area contributed by atoms with Crippen molar-refractivity contribution >= 4 is 6.08 Å². The van der Waals surface area contributed by atoms with Gasteiger partial charge in [0.25, 0.3) is 0 Å². The Morgan fingerprint density at radius 3 is 2.56 bits per heavy atom. The molecule has 1 heterocycles. The molecule has 0 radical (unpaired) electrons. The summed E-state index contributed by atoms with van der Waals surface area (Å²) in [6, 6.07) is 8.84. The number of likely N-dealkylation sites (N-methyl/N-ethyl adjacent to an activating group) is 1. The van der Waals surface area contributed by atoms with E-state index >= 15 is 0 Å². The molecule has 3 heteroatoms. The zero-order chi connectivity index (χ0) is 18.9. The minimum absolute atomic E-state index is 0.319. The third kappa shape index (κ3) is 4.16. The van der Waals surface area contributed by atoms with Crippen LogP contribution >= 0.6 is 0 Å². The summed E-state index contributed by atoms with van der Waals surface area (Å²) in [5.41, 5.74) is 2.29. The molecule has 0 amide bonds. The van der Waals surface area contributed by atoms with E-state index in [0.29, 0.717) is 11.8 Å². The van der Waals surface area contributed by atoms with Gasteiger partial charge >= 0.3 is 0 Å². The van der Waals surface area contributed by atoms with Gasteiger partial charge in [0.1, 0.15) is 0 Å². The van der Waals surface area contributed by atoms with Crippen LogP contribution in [0.15, 0.2) is 30.3 Å². The smallest absolute Gasteiger partial charge is 0.0694 e. The fourth-order valence-electron chi connectivity index (χ4n) is 5.46. The zero-order valence-corrected chi connectivity index (χ0v) is 17.1. The molecular weight excluding hydrogens is 332 g/mol. The van der Waals surface area contributed by atoms with Crippen LogP contribution in [-0.2, 0) is 0 Å². The lowest BCUT2D eigenvalue weighted by atomic mass is 9.64. The van der Waals surface area contributed by atoms with Crippen molar-refractivity contribution < 1.29 is 5.11 Å². The molecule has 3 aliphatic rings. The highest BCUT2D eigenvalue weighted by molar-refractivity contribution is 5.57. The number of aliphatic hydroxyl groups is 1. The largest absolute Gasteiger partial charge is 0.390 e. The Morgan fingerprint density at radius 1 is 1.11 bits per heavy atom. The normalized spacial score (nSPS) is 33.6. The molecule has 2 fully saturated rings. The minimum atomic E-state index is -0.515. The van der Waals surface area contributed by atoms with Crippen LogP contribution in [0.3, 0.4) is 0 Å². The Balaban J connectivity index is 1.61. The van der Waals surface area contributed by atoms with Gasteiger partial charge in [-0.3, -0.25) is 0 Å². The molecule has 4 rings (SSSR count). The second-order valence-electron chi connectivity index (χ2n) is 9.37. The third-order valence-electron chi connectivity index (χ3n) is 7.45. The van der Waals surface area contributed by atoms with Gasteiger partial charge < -0.3 is 14.9 Å². The summed E-state index contributed by atoms with van der Waals surface area (Å²) in [6.07, 6.45) is 9.93. The van der Waals surface area contributed by atoms with Gasteiger partial charge in [-0.15, -0.1) is 0 Å². The van der Waals surface area contributed by atoms with Gasteiger partial charge in [-0.1, -0.05) is 43.3 Å². The van der Waals surface area contributed by atoms with E-state index in [2.05, 4.69) is 60.2 Å². The Morgan fingerprint density at radius 2 is 1.81 bits per heavy atom. The Bertz CT molecular complexity index is 654. The summed E-state index contributed by atoms with van der Waals surface area (Å²) in [6.45, 7) is 7.92. The molecule has 2 unspecified atom stereocenters. The molecule has 3 nitrogen and oxygen atoms in total. The molecule has 1 N–H and O–H groups in total. The van der Waals surface area contributed by atoms with Crippen LogP contribution in [0.2, 0.25) is 0 Å². The second-order valence-corrected chi connectivity index (χ2v) is 9.37. The van der Waals surface area contributed by atoms with E-state index in [9.17, 15) is 5.11 Å². The molecule has 1 saturated heterocycles. The van der Waals surface area contributed by atoms with E-state index in [0.717, 1.165) is 57.9 Å². The SMILES string of the molecule is CC1CCC(O)(C(CN2CCN(C)CC2)C2CC=Cc3ccccc32)CC1. The van der Waals surface area contributed by atoms with Gasteiger partial charge in [0.2, 0.25) is 0 Å². The number of fused-ring (bicyclic) bond motifs is 1. The number of rotatable bonds is 4. The predicted molar refractivity (Wildman–Crippen MR) is 113 cm³/mol. The Kier molecular flexibility index (Phi) is 5.73. The van der Waals surface area contributed by atoms with Crippen molar-refractivity contribution in [2.24, 2.45) is 11.8 Å². The van der Waals surface area contributed by atoms with Crippen molar-refractivity contribution in [3.63, 3.8) is 0 Å². The van der Waals surface area contributed by atoms with Crippen molar-refractivity contribution in [2.45, 2.75) is 50.5 Å². The van der Waals surface area contributed by atoms with Crippen molar-refractivity contribution in [1.82, 2.24) is 9.80 Å². The predicted octanol–water partition coefficient (Wildman–Crippen LogP) is 3.99. The fourth-order valence-corrected chi connectivity index (χ4v) is 5.46. The van der Waals surface area contributed by atoms with E-state index < -0.39 is 5.60 Å². The molecule has 1 aromatic carbocycles. The first-order chi connectivity index (χ1) is 13.0. The summed E-state index contributed by atoms with van der Waals surface area (Å²) >= 11 is 0. The van der Waals surface area contributed by atoms with Gasteiger partial charge in [-0.25, -0.2) is 0 Å². The van der Waals surface area contributed by atoms with Crippen molar-refractivity contribution in [3.05, 3.63) is 41.5 Å². The summed E-state index contributed by atoms with van der Waals surface area (Å²) in [7, 11) is 2.22. The van der Waals surface area contributed by atoms with Crippen LogP contribution in [0.25, 0.3) is 6.08 Å². The highest BCUT2D eigenvalue weighted by Gasteiger charge is 2.44. The van der Waals surface area contributed by atoms with Gasteiger partial charge in [0.15, 0.2) is 0 Å². The topological polar surface area (TPSA) is 26.7 Å². The molecule has 2 atom stereocenters. The number of hydrogen-bond acceptors (Lipinski definition) is 3. The van der Waals surface area contributed by atoms with Crippen molar-refractivity contribution in [3.8, 4) is 0 Å². The molecule has 0 spiro atoms. The van der Waals surface area contributed by atoms with Gasteiger partial charge in [-0.2, -0.15) is 0 Å². The van der Waals surface area contributed by atoms with Gasteiger partial charge in [-0.05, 0) is 62.1 Å². The van der Waals surface area contributed by atoms with Crippen LogP contribution in [0.5, 0.6) is 0 Å². The molecule has 1 aliphatic heterocycles. The first-order valence-corrected chi connectivity index (χ1v) is 10.9. The molecular formula is C24H36N2O. The zero-order valence-electron chi connectivity index (χ0n) is 17.1. The number of nitrogens with zero attached hydrogens (tertiary/aromatic N) is 2. The van der Waals surface area contributed by atoms with E-state index in [4.69, 9.17) is 0 Å². The van der Waals surface area contributed by atoms with E-state index in [1.54, 1.807) is 0 Å². The Labute approximate surface area is 165 Å². The van der Waals surface area contributed by atoms with Crippen LogP contribution in [0.1, 0.15) is 56.1 Å². The monoisotopic (exact) mass is 368 g/mol. The standard InChI is InChI=1S/C24H36N2O/c1-19-10-12-24(27,13-11-19)23(18-26-16-14-25(2)15-17-26)22-9-5-7-20-6-3-4-8-21(20)22/h3-8,19,22-23,27H,9-18H2,1-2H3. The van der Waals surface area contributed by atoms with Crippen LogP contribution in [0, 0.1) is 11.8 Å². The van der Waals surface area contributed by atoms with Crippen LogP contribution in [-0.4, -0.2) is 60.3 Å². The van der Waals surface area contributed by atoms with Gasteiger partial charge in [0, 0.05) is 38.6 Å². The van der Waals surface area contributed by atoms with E-state index in [1.165, 1.54) is 24.0 Å².